The number of hydrogen-bond acceptors (Lipinski definition) is 5. The molecule has 0 aliphatic carbocycles. The van der Waals surface area contributed by atoms with Crippen LogP contribution in [-0.2, 0) is 24.2 Å². The predicted molar refractivity (Wildman–Crippen MR) is 49.0 cm³/mol. The van der Waals surface area contributed by atoms with Gasteiger partial charge in [-0.3, -0.25) is 0 Å². The van der Waals surface area contributed by atoms with Gasteiger partial charge in [-0.05, 0) is 13.3 Å². The molecular formula is C9H14O5. The number of carbonyl (C=O) groups excluding carboxylic acids is 3. The van der Waals surface area contributed by atoms with Gasteiger partial charge in [0, 0.05) is 12.5 Å². The Labute approximate surface area is 82.6 Å². The Hall–Kier alpha value is -1.65. The van der Waals surface area contributed by atoms with E-state index in [2.05, 4.69) is 16.4 Å². The van der Waals surface area contributed by atoms with Gasteiger partial charge in [-0.15, -0.1) is 0 Å². The van der Waals surface area contributed by atoms with Crippen LogP contribution < -0.4 is 0 Å². The lowest BCUT2D eigenvalue weighted by atomic mass is 10.2. The molecular weight excluding hydrogens is 188 g/mol. The van der Waals surface area contributed by atoms with E-state index in [1.54, 1.807) is 6.92 Å². The van der Waals surface area contributed by atoms with Crippen molar-refractivity contribution >= 4 is 18.2 Å². The number of hydrogen-bond donors (Lipinski definition) is 0. The highest BCUT2D eigenvalue weighted by Gasteiger charge is 2.08. The summed E-state index contributed by atoms with van der Waals surface area (Å²) >= 11 is 0. The highest BCUT2D eigenvalue weighted by Crippen LogP contribution is 1.99. The van der Waals surface area contributed by atoms with Crippen molar-refractivity contribution in [1.82, 2.24) is 0 Å². The molecule has 0 N–H and O–H groups in total. The molecule has 0 amide bonds. The van der Waals surface area contributed by atoms with E-state index in [-0.39, 0.29) is 5.57 Å². The Morgan fingerprint density at radius 2 is 1.79 bits per heavy atom. The molecule has 0 aromatic heterocycles. The Morgan fingerprint density at radius 1 is 1.36 bits per heavy atom. The van der Waals surface area contributed by atoms with Gasteiger partial charge in [-0.2, -0.15) is 0 Å². The van der Waals surface area contributed by atoms with Crippen LogP contribution in [0.1, 0.15) is 27.2 Å². The average Bonchev–Trinajstić information content (AvgIpc) is 2.14. The zero-order valence-corrected chi connectivity index (χ0v) is 8.53. The zero-order chi connectivity index (χ0) is 11.6. The molecule has 0 heterocycles. The van der Waals surface area contributed by atoms with Crippen LogP contribution in [0.3, 0.4) is 0 Å². The summed E-state index contributed by atoms with van der Waals surface area (Å²) in [7, 11) is 0. The molecule has 0 atom stereocenters. The monoisotopic (exact) mass is 202 g/mol. The van der Waals surface area contributed by atoms with Crippen LogP contribution in [0.2, 0.25) is 0 Å². The highest BCUT2D eigenvalue weighted by molar-refractivity contribution is 5.87. The van der Waals surface area contributed by atoms with Crippen LogP contribution in [-0.4, -0.2) is 18.2 Å². The van der Waals surface area contributed by atoms with Gasteiger partial charge < -0.3 is 4.79 Å². The Balaban J connectivity index is 0. The molecule has 0 spiro atoms. The third kappa shape index (κ3) is 10.3. The van der Waals surface area contributed by atoms with Gasteiger partial charge >= 0.3 is 11.9 Å². The summed E-state index contributed by atoms with van der Waals surface area (Å²) in [5.41, 5.74) is 0.270. The van der Waals surface area contributed by atoms with E-state index >= 15 is 0 Å². The summed E-state index contributed by atoms with van der Waals surface area (Å²) in [6.45, 7) is 7.72. The van der Waals surface area contributed by atoms with Crippen LogP contribution in [0.5, 0.6) is 0 Å². The molecule has 5 nitrogen and oxygen atoms in total. The first kappa shape index (κ1) is 14.9. The Kier molecular flexibility index (Phi) is 10.0. The molecule has 0 aromatic rings. The molecule has 14 heavy (non-hydrogen) atoms. The maximum absolute atomic E-state index is 10.7. The van der Waals surface area contributed by atoms with Gasteiger partial charge in [0.1, 0.15) is 6.29 Å². The molecule has 0 saturated heterocycles. The SMILES string of the molecule is C=C(CC)C(=O)OOC(C)=O.CC=O. The van der Waals surface area contributed by atoms with E-state index < -0.39 is 11.9 Å². The first-order valence-corrected chi connectivity index (χ1v) is 3.96. The first-order chi connectivity index (χ1) is 6.49. The second-order valence-corrected chi connectivity index (χ2v) is 2.14. The highest BCUT2D eigenvalue weighted by atomic mass is 17.2. The zero-order valence-electron chi connectivity index (χ0n) is 8.53. The van der Waals surface area contributed by atoms with Crippen LogP contribution in [0, 0.1) is 0 Å². The van der Waals surface area contributed by atoms with E-state index in [1.165, 1.54) is 6.92 Å². The van der Waals surface area contributed by atoms with Gasteiger partial charge in [0.2, 0.25) is 0 Å². The molecule has 0 aromatic carbocycles. The largest absolute Gasteiger partial charge is 0.381 e. The third-order valence-electron chi connectivity index (χ3n) is 0.950. The summed E-state index contributed by atoms with van der Waals surface area (Å²) in [5.74, 6) is -1.37. The summed E-state index contributed by atoms with van der Waals surface area (Å²) in [4.78, 5) is 37.7. The fourth-order valence-electron chi connectivity index (χ4n) is 0.300. The minimum atomic E-state index is -0.706. The summed E-state index contributed by atoms with van der Waals surface area (Å²) in [6.07, 6.45) is 1.22. The Morgan fingerprint density at radius 3 is 2.07 bits per heavy atom. The van der Waals surface area contributed by atoms with Crippen molar-refractivity contribution < 1.29 is 24.2 Å². The lowest BCUT2D eigenvalue weighted by Crippen LogP contribution is -2.09. The molecule has 80 valence electrons. The molecule has 0 rings (SSSR count). The maximum Gasteiger partial charge on any atom is 0.381 e. The fourth-order valence-corrected chi connectivity index (χ4v) is 0.300. The minimum absolute atomic E-state index is 0.270. The topological polar surface area (TPSA) is 69.7 Å². The van der Waals surface area contributed by atoms with Crippen LogP contribution >= 0.6 is 0 Å². The normalized spacial score (nSPS) is 7.64. The molecule has 0 unspecified atom stereocenters. The van der Waals surface area contributed by atoms with Gasteiger partial charge in [-0.25, -0.2) is 19.4 Å². The predicted octanol–water partition coefficient (Wildman–Crippen LogP) is 1.18. The van der Waals surface area contributed by atoms with Crippen molar-refractivity contribution in [3.05, 3.63) is 12.2 Å². The fraction of sp³-hybridized carbons (Fsp3) is 0.444. The summed E-state index contributed by atoms with van der Waals surface area (Å²) in [6, 6.07) is 0. The number of rotatable bonds is 2. The van der Waals surface area contributed by atoms with Crippen LogP contribution in [0.25, 0.3) is 0 Å². The molecule has 0 radical (unpaired) electrons. The summed E-state index contributed by atoms with van der Waals surface area (Å²) in [5, 5.41) is 0. The van der Waals surface area contributed by atoms with Crippen molar-refractivity contribution in [3.63, 3.8) is 0 Å². The molecule has 0 aliphatic rings. The van der Waals surface area contributed by atoms with Gasteiger partial charge in [-0.1, -0.05) is 13.5 Å². The Bertz CT molecular complexity index is 219. The van der Waals surface area contributed by atoms with E-state index in [1.807, 2.05) is 0 Å². The van der Waals surface area contributed by atoms with Crippen molar-refractivity contribution in [2.24, 2.45) is 0 Å². The number of carbonyl (C=O) groups is 3. The molecule has 0 saturated carbocycles. The lowest BCUT2D eigenvalue weighted by molar-refractivity contribution is -0.253. The van der Waals surface area contributed by atoms with E-state index in [9.17, 15) is 9.59 Å². The van der Waals surface area contributed by atoms with Crippen molar-refractivity contribution in [1.29, 1.82) is 0 Å². The number of aldehydes is 1. The van der Waals surface area contributed by atoms with Crippen molar-refractivity contribution in [3.8, 4) is 0 Å². The van der Waals surface area contributed by atoms with Gasteiger partial charge in [0.25, 0.3) is 0 Å². The standard InChI is InChI=1S/C7H10O4.C2H4O/c1-4-5(2)7(9)11-10-6(3)8;1-2-3/h2,4H2,1,3H3;2H,1H3. The third-order valence-corrected chi connectivity index (χ3v) is 0.950. The van der Waals surface area contributed by atoms with Gasteiger partial charge in [0.15, 0.2) is 0 Å². The van der Waals surface area contributed by atoms with E-state index in [0.717, 1.165) is 13.2 Å². The molecule has 0 aliphatic heterocycles. The maximum atomic E-state index is 10.7. The van der Waals surface area contributed by atoms with Crippen molar-refractivity contribution in [2.75, 3.05) is 0 Å². The lowest BCUT2D eigenvalue weighted by Gasteiger charge is -2.00. The van der Waals surface area contributed by atoms with Crippen molar-refractivity contribution in [2.45, 2.75) is 27.2 Å². The van der Waals surface area contributed by atoms with Crippen LogP contribution in [0.15, 0.2) is 12.2 Å². The van der Waals surface area contributed by atoms with E-state index in [4.69, 9.17) is 4.79 Å². The average molecular weight is 202 g/mol. The second kappa shape index (κ2) is 9.44. The smallest absolute Gasteiger partial charge is 0.304 e. The van der Waals surface area contributed by atoms with E-state index in [0.29, 0.717) is 6.42 Å². The molecule has 5 heteroatoms. The molecule has 0 fully saturated rings. The second-order valence-electron chi connectivity index (χ2n) is 2.14. The minimum Gasteiger partial charge on any atom is -0.304 e. The summed E-state index contributed by atoms with van der Waals surface area (Å²) < 4.78 is 0. The molecule has 0 bridgehead atoms. The van der Waals surface area contributed by atoms with Crippen LogP contribution in [0.4, 0.5) is 0 Å². The quantitative estimate of drug-likeness (QED) is 0.291. The first-order valence-electron chi connectivity index (χ1n) is 3.96. The van der Waals surface area contributed by atoms with Gasteiger partial charge in [0.05, 0.1) is 0 Å².